The molecule has 0 saturated carbocycles. The van der Waals surface area contributed by atoms with Gasteiger partial charge in [0.1, 0.15) is 0 Å². The van der Waals surface area contributed by atoms with Crippen LogP contribution in [-0.4, -0.2) is 17.1 Å². The lowest BCUT2D eigenvalue weighted by molar-refractivity contribution is -0.385. The average molecular weight is 404 g/mol. The fourth-order valence-corrected chi connectivity index (χ4v) is 3.90. The lowest BCUT2D eigenvalue weighted by atomic mass is 9.72. The van der Waals surface area contributed by atoms with Gasteiger partial charge >= 0.3 is 7.12 Å². The maximum Gasteiger partial charge on any atom is 0.492 e. The van der Waals surface area contributed by atoms with Crippen LogP contribution >= 0.6 is 0 Å². The fraction of sp³-hybridized carbons (Fsp3) is 0.217. The Balaban J connectivity index is 2.00. The molecule has 0 radical (unpaired) electrons. The number of para-hydroxylation sites is 2. The number of nitrogens with two attached hydrogens (primary N) is 1. The molecular weight excluding hydrogens is 379 g/mol. The minimum Gasteiger partial charge on any atom is -0.423 e. The van der Waals surface area contributed by atoms with E-state index >= 15 is 0 Å². The van der Waals surface area contributed by atoms with Crippen LogP contribution in [0.25, 0.3) is 0 Å². The molecule has 0 aliphatic heterocycles. The van der Waals surface area contributed by atoms with E-state index in [1.807, 2.05) is 51.1 Å². The number of nitro groups is 1. The van der Waals surface area contributed by atoms with Crippen LogP contribution in [0.15, 0.2) is 60.7 Å². The minimum atomic E-state index is -1.20. The van der Waals surface area contributed by atoms with Gasteiger partial charge in [0.05, 0.1) is 11.0 Å². The predicted octanol–water partition coefficient (Wildman–Crippen LogP) is 3.79. The van der Waals surface area contributed by atoms with Crippen LogP contribution < -0.4 is 11.2 Å². The van der Waals surface area contributed by atoms with Gasteiger partial charge in [0.15, 0.2) is 0 Å². The number of nitrogens with zero attached hydrogens (tertiary/aromatic N) is 1. The molecule has 0 aromatic heterocycles. The number of nitrogen functional groups attached to an aromatic ring is 1. The minimum absolute atomic E-state index is 0.0118. The van der Waals surface area contributed by atoms with E-state index in [0.29, 0.717) is 22.3 Å². The molecule has 0 unspecified atom stereocenters. The lowest BCUT2D eigenvalue weighted by Crippen LogP contribution is -2.39. The topological polar surface area (TPSA) is 98.6 Å². The summed E-state index contributed by atoms with van der Waals surface area (Å²) in [6.45, 7) is 5.85. The van der Waals surface area contributed by atoms with Gasteiger partial charge in [-0.15, -0.1) is 0 Å². The molecule has 0 fully saturated rings. The Bertz CT molecular complexity index is 1050. The summed E-state index contributed by atoms with van der Waals surface area (Å²) in [5.74, 6) is 0. The zero-order valence-electron chi connectivity index (χ0n) is 17.3. The highest BCUT2D eigenvalue weighted by molar-refractivity contribution is 6.61. The first-order chi connectivity index (χ1) is 14.3. The van der Waals surface area contributed by atoms with Crippen molar-refractivity contribution in [3.63, 3.8) is 0 Å². The van der Waals surface area contributed by atoms with Crippen LogP contribution in [0, 0.1) is 30.9 Å². The monoisotopic (exact) mass is 404 g/mol. The number of nitro benzene ring substituents is 1. The van der Waals surface area contributed by atoms with Gasteiger partial charge in [-0.1, -0.05) is 65.2 Å². The third-order valence-electron chi connectivity index (χ3n) is 5.21. The highest BCUT2D eigenvalue weighted by Crippen LogP contribution is 2.31. The Morgan fingerprint density at radius 2 is 1.67 bits per heavy atom. The van der Waals surface area contributed by atoms with Crippen molar-refractivity contribution in [3.8, 4) is 0 Å². The highest BCUT2D eigenvalue weighted by Gasteiger charge is 2.29. The molecule has 3 rings (SSSR count). The molecule has 0 aliphatic carbocycles. The van der Waals surface area contributed by atoms with Gasteiger partial charge in [-0.2, -0.15) is 0 Å². The van der Waals surface area contributed by atoms with E-state index in [2.05, 4.69) is 0 Å². The summed E-state index contributed by atoms with van der Waals surface area (Å²) in [4.78, 5) is 11.1. The van der Waals surface area contributed by atoms with Crippen LogP contribution in [0.5, 0.6) is 0 Å². The molecule has 3 N–H and O–H groups in total. The number of hydrogen-bond acceptors (Lipinski definition) is 5. The van der Waals surface area contributed by atoms with E-state index in [9.17, 15) is 15.1 Å². The molecule has 154 valence electrons. The van der Waals surface area contributed by atoms with Crippen molar-refractivity contribution >= 4 is 24.0 Å². The summed E-state index contributed by atoms with van der Waals surface area (Å²) in [5, 5.41) is 22.4. The van der Waals surface area contributed by atoms with Crippen LogP contribution in [0.4, 0.5) is 11.4 Å². The summed E-state index contributed by atoms with van der Waals surface area (Å²) in [5.41, 5.74) is 11.5. The molecule has 3 aromatic carbocycles. The molecule has 1 atom stereocenters. The van der Waals surface area contributed by atoms with E-state index in [-0.39, 0.29) is 12.1 Å². The predicted molar refractivity (Wildman–Crippen MR) is 120 cm³/mol. The van der Waals surface area contributed by atoms with E-state index in [0.717, 1.165) is 16.7 Å². The fourth-order valence-electron chi connectivity index (χ4n) is 3.90. The number of benzene rings is 3. The van der Waals surface area contributed by atoms with Gasteiger partial charge in [0.2, 0.25) is 0 Å². The van der Waals surface area contributed by atoms with Crippen molar-refractivity contribution in [1.29, 1.82) is 0 Å². The Morgan fingerprint density at radius 1 is 1.07 bits per heavy atom. The third-order valence-corrected chi connectivity index (χ3v) is 5.21. The Hall–Kier alpha value is -3.16. The Morgan fingerprint density at radius 3 is 2.30 bits per heavy atom. The standard InChI is InChI=1S/C23H25BN2O4/c1-15-12-16(2)23(17(3)13-15)24(27)30-22(19-9-5-6-10-20(19)25)14-18-8-4-7-11-21(18)26(28)29/h4-13,22,27H,14,25H2,1-3H3/t22-/m0/s1. The van der Waals surface area contributed by atoms with Gasteiger partial charge in [0.25, 0.3) is 5.69 Å². The molecule has 0 amide bonds. The first kappa shape index (κ1) is 21.6. The Kier molecular flexibility index (Phi) is 6.55. The molecule has 7 heteroatoms. The highest BCUT2D eigenvalue weighted by atomic mass is 16.6. The van der Waals surface area contributed by atoms with Crippen molar-refractivity contribution in [2.24, 2.45) is 0 Å². The SMILES string of the molecule is Cc1cc(C)c(B(O)O[C@@H](Cc2ccccc2[N+](=O)[O-])c2ccccc2N)c(C)c1. The van der Waals surface area contributed by atoms with Crippen molar-refractivity contribution in [2.75, 3.05) is 5.73 Å². The molecule has 0 saturated heterocycles. The molecular formula is C23H25BN2O4. The second kappa shape index (κ2) is 9.11. The van der Waals surface area contributed by atoms with Gasteiger partial charge in [-0.3, -0.25) is 10.1 Å². The summed E-state index contributed by atoms with van der Waals surface area (Å²) in [6, 6.07) is 17.7. The second-order valence-electron chi connectivity index (χ2n) is 7.51. The number of anilines is 1. The summed E-state index contributed by atoms with van der Waals surface area (Å²) < 4.78 is 6.10. The average Bonchev–Trinajstić information content (AvgIpc) is 2.67. The van der Waals surface area contributed by atoms with Gasteiger partial charge in [0, 0.05) is 29.3 Å². The number of hydrogen-bond donors (Lipinski definition) is 2. The largest absolute Gasteiger partial charge is 0.492 e. The van der Waals surface area contributed by atoms with Crippen molar-refractivity contribution in [3.05, 3.63) is 98.6 Å². The first-order valence-electron chi connectivity index (χ1n) is 9.76. The molecule has 6 nitrogen and oxygen atoms in total. The zero-order valence-corrected chi connectivity index (χ0v) is 17.3. The molecule has 0 aliphatic rings. The lowest BCUT2D eigenvalue weighted by Gasteiger charge is -2.24. The van der Waals surface area contributed by atoms with Crippen LogP contribution in [0.2, 0.25) is 0 Å². The van der Waals surface area contributed by atoms with E-state index in [1.165, 1.54) is 6.07 Å². The van der Waals surface area contributed by atoms with E-state index in [4.69, 9.17) is 10.4 Å². The quantitative estimate of drug-likeness (QED) is 0.270. The van der Waals surface area contributed by atoms with Crippen molar-refractivity contribution in [1.82, 2.24) is 0 Å². The molecule has 0 spiro atoms. The van der Waals surface area contributed by atoms with Gasteiger partial charge in [-0.05, 0) is 32.3 Å². The molecule has 30 heavy (non-hydrogen) atoms. The molecule has 0 bridgehead atoms. The smallest absolute Gasteiger partial charge is 0.423 e. The third kappa shape index (κ3) is 4.70. The van der Waals surface area contributed by atoms with Gasteiger partial charge in [-0.25, -0.2) is 0 Å². The van der Waals surface area contributed by atoms with Crippen molar-refractivity contribution < 1.29 is 14.6 Å². The summed E-state index contributed by atoms with van der Waals surface area (Å²) >= 11 is 0. The maximum absolute atomic E-state index is 11.5. The normalized spacial score (nSPS) is 11.9. The summed E-state index contributed by atoms with van der Waals surface area (Å²) in [7, 11) is -1.20. The van der Waals surface area contributed by atoms with Crippen molar-refractivity contribution in [2.45, 2.75) is 33.3 Å². The maximum atomic E-state index is 11.5. The summed E-state index contributed by atoms with van der Waals surface area (Å²) in [6.07, 6.45) is -0.464. The Labute approximate surface area is 176 Å². The second-order valence-corrected chi connectivity index (χ2v) is 7.51. The van der Waals surface area contributed by atoms with E-state index < -0.39 is 18.1 Å². The molecule has 0 heterocycles. The first-order valence-corrected chi connectivity index (χ1v) is 9.76. The number of rotatable bonds is 7. The van der Waals surface area contributed by atoms with E-state index in [1.54, 1.807) is 24.3 Å². The van der Waals surface area contributed by atoms with Gasteiger partial charge < -0.3 is 15.4 Å². The number of aryl methyl sites for hydroxylation is 3. The van der Waals surface area contributed by atoms with Crippen LogP contribution in [0.1, 0.15) is 33.9 Å². The zero-order chi connectivity index (χ0) is 21.8. The van der Waals surface area contributed by atoms with Crippen LogP contribution in [-0.2, 0) is 11.1 Å². The van der Waals surface area contributed by atoms with Crippen LogP contribution in [0.3, 0.4) is 0 Å². The molecule has 3 aromatic rings.